The molecule has 0 bridgehead atoms. The first-order chi connectivity index (χ1) is 6.28. The van der Waals surface area contributed by atoms with Crippen molar-refractivity contribution in [1.82, 2.24) is 0 Å². The van der Waals surface area contributed by atoms with E-state index in [2.05, 4.69) is 18.4 Å². The lowest BCUT2D eigenvalue weighted by Crippen LogP contribution is -1.82. The van der Waals surface area contributed by atoms with Crippen LogP contribution in [0.4, 0.5) is 0 Å². The average Bonchev–Trinajstić information content (AvgIpc) is 2.19. The van der Waals surface area contributed by atoms with E-state index in [4.69, 9.17) is 9.53 Å². The summed E-state index contributed by atoms with van der Waals surface area (Å²) in [6, 6.07) is 7.88. The molecule has 0 aliphatic rings. The van der Waals surface area contributed by atoms with Gasteiger partial charge in [0.05, 0.1) is 7.11 Å². The predicted octanol–water partition coefficient (Wildman–Crippen LogP) is 1.23. The van der Waals surface area contributed by atoms with Crippen molar-refractivity contribution in [3.8, 4) is 5.75 Å². The number of carbonyl (C=O) groups is 1. The molecular formula is C9H13NO2S. The number of ether oxygens (including phenoxy) is 1. The Morgan fingerprint density at radius 3 is 2.23 bits per heavy atom. The molecule has 0 atom stereocenters. The predicted molar refractivity (Wildman–Crippen MR) is 55.9 cm³/mol. The fraction of sp³-hybridized carbons (Fsp3) is 0.222. The number of benzene rings is 1. The summed E-state index contributed by atoms with van der Waals surface area (Å²) in [5.74, 6) is 1.68. The highest BCUT2D eigenvalue weighted by Crippen LogP contribution is 2.11. The van der Waals surface area contributed by atoms with E-state index in [1.165, 1.54) is 5.56 Å². The van der Waals surface area contributed by atoms with Gasteiger partial charge >= 0.3 is 0 Å². The summed E-state index contributed by atoms with van der Waals surface area (Å²) in [6.07, 6.45) is 0.250. The van der Waals surface area contributed by atoms with Gasteiger partial charge < -0.3 is 10.5 Å². The monoisotopic (exact) mass is 199 g/mol. The van der Waals surface area contributed by atoms with Gasteiger partial charge in [0, 0.05) is 5.75 Å². The Labute approximate surface area is 83.3 Å². The van der Waals surface area contributed by atoms with Gasteiger partial charge in [-0.1, -0.05) is 12.1 Å². The van der Waals surface area contributed by atoms with E-state index in [9.17, 15) is 0 Å². The molecular weight excluding hydrogens is 186 g/mol. The molecule has 13 heavy (non-hydrogen) atoms. The first kappa shape index (κ1) is 11.8. The quantitative estimate of drug-likeness (QED) is 0.556. The SMILES string of the molecule is COc1ccc(CS)cc1.NC=O. The number of primary amides is 1. The Morgan fingerprint density at radius 2 is 1.92 bits per heavy atom. The minimum absolute atomic E-state index is 0.250. The molecule has 1 aromatic carbocycles. The molecule has 0 heterocycles. The Morgan fingerprint density at radius 1 is 1.46 bits per heavy atom. The molecule has 1 amide bonds. The highest BCUT2D eigenvalue weighted by molar-refractivity contribution is 7.79. The van der Waals surface area contributed by atoms with Gasteiger partial charge in [0.15, 0.2) is 0 Å². The van der Waals surface area contributed by atoms with Crippen molar-refractivity contribution in [1.29, 1.82) is 0 Å². The molecule has 0 fully saturated rings. The summed E-state index contributed by atoms with van der Waals surface area (Å²) >= 11 is 4.13. The number of hydrogen-bond acceptors (Lipinski definition) is 3. The number of carbonyl (C=O) groups excluding carboxylic acids is 1. The third-order valence-corrected chi connectivity index (χ3v) is 1.71. The van der Waals surface area contributed by atoms with Crippen LogP contribution in [0.15, 0.2) is 24.3 Å². The van der Waals surface area contributed by atoms with Crippen molar-refractivity contribution in [3.05, 3.63) is 29.8 Å². The van der Waals surface area contributed by atoms with E-state index in [0.717, 1.165) is 11.5 Å². The van der Waals surface area contributed by atoms with Crippen LogP contribution in [0.25, 0.3) is 0 Å². The van der Waals surface area contributed by atoms with E-state index >= 15 is 0 Å². The van der Waals surface area contributed by atoms with Crippen LogP contribution >= 0.6 is 12.6 Å². The average molecular weight is 199 g/mol. The van der Waals surface area contributed by atoms with Gasteiger partial charge in [0.25, 0.3) is 0 Å². The highest BCUT2D eigenvalue weighted by Gasteiger charge is 1.89. The van der Waals surface area contributed by atoms with Crippen molar-refractivity contribution >= 4 is 19.0 Å². The van der Waals surface area contributed by atoms with Gasteiger partial charge in [-0.25, -0.2) is 0 Å². The second-order valence-corrected chi connectivity index (χ2v) is 2.46. The van der Waals surface area contributed by atoms with Crippen LogP contribution in [0.3, 0.4) is 0 Å². The van der Waals surface area contributed by atoms with Gasteiger partial charge in [0.2, 0.25) is 6.41 Å². The lowest BCUT2D eigenvalue weighted by molar-refractivity contribution is -0.106. The fourth-order valence-electron chi connectivity index (χ4n) is 0.731. The van der Waals surface area contributed by atoms with Crippen LogP contribution in [0.2, 0.25) is 0 Å². The molecule has 0 saturated heterocycles. The Hall–Kier alpha value is -1.16. The summed E-state index contributed by atoms with van der Waals surface area (Å²) in [4.78, 5) is 8.58. The van der Waals surface area contributed by atoms with E-state index in [1.54, 1.807) is 7.11 Å². The molecule has 1 aromatic rings. The van der Waals surface area contributed by atoms with Gasteiger partial charge in [-0.2, -0.15) is 12.6 Å². The van der Waals surface area contributed by atoms with Crippen LogP contribution in [0, 0.1) is 0 Å². The summed E-state index contributed by atoms with van der Waals surface area (Å²) in [6.45, 7) is 0. The molecule has 72 valence electrons. The number of hydrogen-bond donors (Lipinski definition) is 2. The lowest BCUT2D eigenvalue weighted by atomic mass is 10.2. The molecule has 2 N–H and O–H groups in total. The summed E-state index contributed by atoms with van der Waals surface area (Å²) in [5.41, 5.74) is 5.38. The van der Waals surface area contributed by atoms with E-state index < -0.39 is 0 Å². The van der Waals surface area contributed by atoms with Crippen LogP contribution in [-0.4, -0.2) is 13.5 Å². The van der Waals surface area contributed by atoms with Crippen LogP contribution < -0.4 is 10.5 Å². The molecule has 0 aliphatic carbocycles. The minimum atomic E-state index is 0.250. The molecule has 4 heteroatoms. The van der Waals surface area contributed by atoms with Gasteiger partial charge in [-0.05, 0) is 17.7 Å². The number of methoxy groups -OCH3 is 1. The smallest absolute Gasteiger partial charge is 0.204 e. The van der Waals surface area contributed by atoms with Crippen LogP contribution in [0.5, 0.6) is 5.75 Å². The largest absolute Gasteiger partial charge is 0.497 e. The summed E-state index contributed by atoms with van der Waals surface area (Å²) < 4.78 is 4.99. The van der Waals surface area contributed by atoms with Crippen molar-refractivity contribution in [2.24, 2.45) is 5.73 Å². The number of nitrogens with two attached hydrogens (primary N) is 1. The molecule has 3 nitrogen and oxygen atoms in total. The first-order valence-electron chi connectivity index (χ1n) is 3.67. The normalized spacial score (nSPS) is 8.15. The maximum Gasteiger partial charge on any atom is 0.204 e. The minimum Gasteiger partial charge on any atom is -0.497 e. The fourth-order valence-corrected chi connectivity index (χ4v) is 0.942. The third-order valence-electron chi connectivity index (χ3n) is 1.34. The third kappa shape index (κ3) is 5.14. The van der Waals surface area contributed by atoms with Crippen molar-refractivity contribution < 1.29 is 9.53 Å². The molecule has 0 aromatic heterocycles. The summed E-state index contributed by atoms with van der Waals surface area (Å²) in [5, 5.41) is 0. The first-order valence-corrected chi connectivity index (χ1v) is 4.31. The zero-order valence-corrected chi connectivity index (χ0v) is 8.33. The lowest BCUT2D eigenvalue weighted by Gasteiger charge is -1.99. The maximum absolute atomic E-state index is 8.58. The molecule has 0 radical (unpaired) electrons. The van der Waals surface area contributed by atoms with E-state index in [-0.39, 0.29) is 6.41 Å². The number of thiol groups is 1. The van der Waals surface area contributed by atoms with Gasteiger partial charge in [-0.15, -0.1) is 0 Å². The second kappa shape index (κ2) is 7.49. The Balaban J connectivity index is 0.000000424. The molecule has 0 saturated carbocycles. The van der Waals surface area contributed by atoms with Gasteiger partial charge in [-0.3, -0.25) is 4.79 Å². The Kier molecular flexibility index (Phi) is 6.82. The zero-order chi connectivity index (χ0) is 10.1. The van der Waals surface area contributed by atoms with Crippen molar-refractivity contribution in [2.75, 3.05) is 7.11 Å². The Bertz CT molecular complexity index is 213. The van der Waals surface area contributed by atoms with E-state index in [1.807, 2.05) is 24.3 Å². The molecule has 1 rings (SSSR count). The summed E-state index contributed by atoms with van der Waals surface area (Å²) in [7, 11) is 1.66. The zero-order valence-electron chi connectivity index (χ0n) is 7.43. The van der Waals surface area contributed by atoms with E-state index in [0.29, 0.717) is 0 Å². The van der Waals surface area contributed by atoms with Crippen LogP contribution in [0.1, 0.15) is 5.56 Å². The highest BCUT2D eigenvalue weighted by atomic mass is 32.1. The second-order valence-electron chi connectivity index (χ2n) is 2.14. The molecule has 0 aliphatic heterocycles. The number of rotatable bonds is 2. The van der Waals surface area contributed by atoms with Crippen molar-refractivity contribution in [2.45, 2.75) is 5.75 Å². The standard InChI is InChI=1S/C8H10OS.CH3NO/c1-9-8-4-2-7(6-10)3-5-8;2-1-3/h2-5,10H,6H2,1H3;1H,(H2,2,3). The van der Waals surface area contributed by atoms with Gasteiger partial charge in [0.1, 0.15) is 5.75 Å². The molecule has 0 unspecified atom stereocenters. The topological polar surface area (TPSA) is 52.3 Å². The maximum atomic E-state index is 8.58. The van der Waals surface area contributed by atoms with Crippen molar-refractivity contribution in [3.63, 3.8) is 0 Å². The number of amides is 1. The molecule has 0 spiro atoms. The van der Waals surface area contributed by atoms with Crippen LogP contribution in [-0.2, 0) is 10.5 Å².